The topological polar surface area (TPSA) is 70.1 Å². The van der Waals surface area contributed by atoms with Crippen LogP contribution in [0.1, 0.15) is 17.4 Å². The summed E-state index contributed by atoms with van der Waals surface area (Å²) in [7, 11) is 0. The predicted molar refractivity (Wildman–Crippen MR) is 125 cm³/mol. The molecule has 0 aliphatic rings. The van der Waals surface area contributed by atoms with Crippen molar-refractivity contribution in [2.45, 2.75) is 6.92 Å². The Kier molecular flexibility index (Phi) is 6.35. The molecule has 1 aromatic heterocycles. The molecular weight excluding hydrogens is 471 g/mol. The van der Waals surface area contributed by atoms with Crippen molar-refractivity contribution in [2.75, 3.05) is 12.3 Å². The standard InChI is InChI=1S/C24H17Cl2F2N3O2/c1-2-33-24(32)21-22(13-10-11-17(27)16(26)12-13)31(19-9-5-7-15(25)20(19)28)23(30-21)14-6-3-4-8-18(14)29/h3-12H,2,29H2,1H3. The number of imidazole rings is 1. The van der Waals surface area contributed by atoms with Crippen molar-refractivity contribution in [3.8, 4) is 28.3 Å². The molecule has 168 valence electrons. The maximum absolute atomic E-state index is 15.3. The van der Waals surface area contributed by atoms with Gasteiger partial charge >= 0.3 is 5.97 Å². The van der Waals surface area contributed by atoms with Gasteiger partial charge in [-0.3, -0.25) is 4.57 Å². The number of hydrogen-bond donors (Lipinski definition) is 1. The van der Waals surface area contributed by atoms with E-state index in [1.807, 2.05) is 0 Å². The Bertz CT molecular complexity index is 1370. The summed E-state index contributed by atoms with van der Waals surface area (Å²) in [5.41, 5.74) is 7.35. The Morgan fingerprint density at radius 3 is 2.52 bits per heavy atom. The van der Waals surface area contributed by atoms with Crippen LogP contribution in [0.15, 0.2) is 60.7 Å². The fraction of sp³-hybridized carbons (Fsp3) is 0.0833. The van der Waals surface area contributed by atoms with Gasteiger partial charge in [0, 0.05) is 16.8 Å². The number of halogens is 4. The smallest absolute Gasteiger partial charge is 0.359 e. The van der Waals surface area contributed by atoms with Crippen LogP contribution >= 0.6 is 23.2 Å². The third-order valence-electron chi connectivity index (χ3n) is 4.91. The molecule has 9 heteroatoms. The van der Waals surface area contributed by atoms with Gasteiger partial charge in [-0.2, -0.15) is 0 Å². The van der Waals surface area contributed by atoms with E-state index in [1.54, 1.807) is 37.3 Å². The molecule has 4 aromatic rings. The molecule has 0 radical (unpaired) electrons. The van der Waals surface area contributed by atoms with Gasteiger partial charge < -0.3 is 10.5 Å². The molecule has 0 spiro atoms. The fourth-order valence-corrected chi connectivity index (χ4v) is 3.80. The summed E-state index contributed by atoms with van der Waals surface area (Å²) in [4.78, 5) is 17.4. The van der Waals surface area contributed by atoms with Crippen molar-refractivity contribution in [3.05, 3.63) is 88.0 Å². The number of para-hydroxylation sites is 1. The second-order valence-corrected chi connectivity index (χ2v) is 7.79. The molecule has 0 atom stereocenters. The van der Waals surface area contributed by atoms with E-state index < -0.39 is 17.6 Å². The monoisotopic (exact) mass is 487 g/mol. The van der Waals surface area contributed by atoms with E-state index in [-0.39, 0.29) is 39.6 Å². The van der Waals surface area contributed by atoms with Gasteiger partial charge in [0.2, 0.25) is 0 Å². The highest BCUT2D eigenvalue weighted by atomic mass is 35.5. The first-order valence-electron chi connectivity index (χ1n) is 9.88. The van der Waals surface area contributed by atoms with Crippen LogP contribution in [0.5, 0.6) is 0 Å². The van der Waals surface area contributed by atoms with E-state index in [0.717, 1.165) is 6.07 Å². The maximum Gasteiger partial charge on any atom is 0.359 e. The highest BCUT2D eigenvalue weighted by Gasteiger charge is 2.29. The first-order valence-corrected chi connectivity index (χ1v) is 10.6. The van der Waals surface area contributed by atoms with Crippen LogP contribution in [0, 0.1) is 11.6 Å². The van der Waals surface area contributed by atoms with E-state index in [1.165, 1.54) is 28.8 Å². The highest BCUT2D eigenvalue weighted by molar-refractivity contribution is 6.31. The number of nitrogens with two attached hydrogens (primary N) is 1. The first kappa shape index (κ1) is 22.8. The summed E-state index contributed by atoms with van der Waals surface area (Å²) in [5.74, 6) is -1.96. The van der Waals surface area contributed by atoms with E-state index >= 15 is 4.39 Å². The Morgan fingerprint density at radius 2 is 1.82 bits per heavy atom. The van der Waals surface area contributed by atoms with Crippen molar-refractivity contribution in [3.63, 3.8) is 0 Å². The summed E-state index contributed by atoms with van der Waals surface area (Å²) in [6.45, 7) is 1.74. The summed E-state index contributed by atoms with van der Waals surface area (Å²) in [5, 5.41) is -0.309. The molecule has 0 saturated heterocycles. The number of ether oxygens (including phenoxy) is 1. The lowest BCUT2D eigenvalue weighted by atomic mass is 10.1. The zero-order chi connectivity index (χ0) is 23.7. The number of nitrogen functional groups attached to an aromatic ring is 1. The SMILES string of the molecule is CCOC(=O)c1nc(-c2ccccc2N)n(-c2cccc(Cl)c2F)c1-c1ccc(F)c(Cl)c1. The Balaban J connectivity index is 2.16. The normalized spacial score (nSPS) is 10.9. The van der Waals surface area contributed by atoms with Gasteiger partial charge in [0.15, 0.2) is 11.5 Å². The second-order valence-electron chi connectivity index (χ2n) is 6.98. The number of nitrogens with zero attached hydrogens (tertiary/aromatic N) is 2. The zero-order valence-corrected chi connectivity index (χ0v) is 18.8. The van der Waals surface area contributed by atoms with E-state index in [0.29, 0.717) is 16.8 Å². The van der Waals surface area contributed by atoms with E-state index in [4.69, 9.17) is 33.7 Å². The lowest BCUT2D eigenvalue weighted by Gasteiger charge is -2.15. The number of carbonyl (C=O) groups excluding carboxylic acids is 1. The van der Waals surface area contributed by atoms with Gasteiger partial charge in [0.1, 0.15) is 11.6 Å². The molecule has 0 aliphatic carbocycles. The van der Waals surface area contributed by atoms with Gasteiger partial charge in [0.25, 0.3) is 0 Å². The zero-order valence-electron chi connectivity index (χ0n) is 17.3. The summed E-state index contributed by atoms with van der Waals surface area (Å²) in [6.07, 6.45) is 0. The number of hydrogen-bond acceptors (Lipinski definition) is 4. The summed E-state index contributed by atoms with van der Waals surface area (Å²) < 4.78 is 35.8. The minimum Gasteiger partial charge on any atom is -0.461 e. The van der Waals surface area contributed by atoms with Crippen molar-refractivity contribution in [2.24, 2.45) is 0 Å². The van der Waals surface area contributed by atoms with Crippen molar-refractivity contribution < 1.29 is 18.3 Å². The number of aromatic nitrogens is 2. The molecule has 3 aromatic carbocycles. The van der Waals surface area contributed by atoms with Crippen LogP contribution < -0.4 is 5.73 Å². The third kappa shape index (κ3) is 4.17. The third-order valence-corrected chi connectivity index (χ3v) is 5.49. The Labute approximate surface area is 198 Å². The molecule has 5 nitrogen and oxygen atoms in total. The van der Waals surface area contributed by atoms with Crippen LogP contribution in [-0.4, -0.2) is 22.1 Å². The van der Waals surface area contributed by atoms with Crippen LogP contribution in [0.4, 0.5) is 14.5 Å². The van der Waals surface area contributed by atoms with Crippen LogP contribution in [0.3, 0.4) is 0 Å². The quantitative estimate of drug-likeness (QED) is 0.256. The second kappa shape index (κ2) is 9.21. The molecule has 0 amide bonds. The minimum absolute atomic E-state index is 0.0132. The molecule has 0 fully saturated rings. The number of rotatable bonds is 5. The maximum atomic E-state index is 15.3. The molecule has 0 unspecified atom stereocenters. The number of benzene rings is 3. The molecule has 1 heterocycles. The van der Waals surface area contributed by atoms with Gasteiger partial charge in [-0.05, 0) is 49.4 Å². The minimum atomic E-state index is -0.745. The summed E-state index contributed by atoms with van der Waals surface area (Å²) >= 11 is 12.1. The average molecular weight is 488 g/mol. The van der Waals surface area contributed by atoms with Crippen LogP contribution in [0.25, 0.3) is 28.3 Å². The van der Waals surface area contributed by atoms with Crippen molar-refractivity contribution >= 4 is 34.9 Å². The average Bonchev–Trinajstić information content (AvgIpc) is 3.18. The lowest BCUT2D eigenvalue weighted by Crippen LogP contribution is -2.08. The van der Waals surface area contributed by atoms with Gasteiger partial charge in [-0.15, -0.1) is 0 Å². The molecule has 0 aliphatic heterocycles. The largest absolute Gasteiger partial charge is 0.461 e. The van der Waals surface area contributed by atoms with Crippen molar-refractivity contribution in [1.82, 2.24) is 9.55 Å². The number of anilines is 1. The van der Waals surface area contributed by atoms with Gasteiger partial charge in [-0.1, -0.05) is 41.4 Å². The number of esters is 1. The van der Waals surface area contributed by atoms with Crippen LogP contribution in [-0.2, 0) is 4.74 Å². The molecule has 33 heavy (non-hydrogen) atoms. The van der Waals surface area contributed by atoms with Crippen LogP contribution in [0.2, 0.25) is 10.0 Å². The first-order chi connectivity index (χ1) is 15.8. The molecule has 4 rings (SSSR count). The Morgan fingerprint density at radius 1 is 1.06 bits per heavy atom. The molecular formula is C24H17Cl2F2N3O2. The van der Waals surface area contributed by atoms with E-state index in [9.17, 15) is 9.18 Å². The van der Waals surface area contributed by atoms with Gasteiger partial charge in [-0.25, -0.2) is 18.6 Å². The van der Waals surface area contributed by atoms with Gasteiger partial charge in [0.05, 0.1) is 28.0 Å². The van der Waals surface area contributed by atoms with Crippen molar-refractivity contribution in [1.29, 1.82) is 0 Å². The molecule has 0 saturated carbocycles. The predicted octanol–water partition coefficient (Wildman–Crippen LogP) is 6.55. The fourth-order valence-electron chi connectivity index (χ4n) is 3.45. The highest BCUT2D eigenvalue weighted by Crippen LogP contribution is 2.38. The Hall–Kier alpha value is -3.42. The molecule has 2 N–H and O–H groups in total. The number of carbonyl (C=O) groups is 1. The summed E-state index contributed by atoms with van der Waals surface area (Å²) in [6, 6.07) is 15.1. The van der Waals surface area contributed by atoms with E-state index in [2.05, 4.69) is 4.98 Å². The lowest BCUT2D eigenvalue weighted by molar-refractivity contribution is 0.0521. The molecule has 0 bridgehead atoms.